The van der Waals surface area contributed by atoms with Crippen LogP contribution in [0.3, 0.4) is 0 Å². The van der Waals surface area contributed by atoms with E-state index in [0.717, 1.165) is 11.1 Å². The van der Waals surface area contributed by atoms with Crippen molar-refractivity contribution < 1.29 is 19.4 Å². The molecule has 1 aliphatic rings. The molecule has 5 heteroatoms. The Morgan fingerprint density at radius 1 is 1.17 bits per heavy atom. The summed E-state index contributed by atoms with van der Waals surface area (Å²) >= 11 is 0. The number of carboxylic acid groups (broad SMARTS) is 1. The Morgan fingerprint density at radius 3 is 2.50 bits per heavy atom. The topological polar surface area (TPSA) is 60.8 Å². The Kier molecular flexibility index (Phi) is 4.62. The van der Waals surface area contributed by atoms with Crippen LogP contribution in [0.1, 0.15) is 23.6 Å². The number of carboxylic acids is 1. The highest BCUT2D eigenvalue weighted by atomic mass is 19.1. The van der Waals surface area contributed by atoms with Gasteiger partial charge in [0, 0.05) is 13.1 Å². The number of hydrogen-bond donors (Lipinski definition) is 2. The maximum Gasteiger partial charge on any atom is 0.325 e. The standard InChI is InChI=1S/C19H18FNO3/c20-16-6-4-13(5-7-16)14-8-10-21(11-9-14)18(19(23)24)15-2-1-3-17(22)12-15/h1-8,12,18,22H,9-11H2,(H,23,24). The molecular weight excluding hydrogens is 309 g/mol. The fourth-order valence-electron chi connectivity index (χ4n) is 3.05. The first-order valence-corrected chi connectivity index (χ1v) is 7.75. The highest BCUT2D eigenvalue weighted by Crippen LogP contribution is 2.29. The summed E-state index contributed by atoms with van der Waals surface area (Å²) in [6.45, 7) is 1.06. The van der Waals surface area contributed by atoms with Crippen molar-refractivity contribution in [3.05, 3.63) is 71.6 Å². The predicted molar refractivity (Wildman–Crippen MR) is 89.1 cm³/mol. The second-order valence-corrected chi connectivity index (χ2v) is 5.82. The monoisotopic (exact) mass is 327 g/mol. The van der Waals surface area contributed by atoms with Gasteiger partial charge in [-0.1, -0.05) is 30.3 Å². The van der Waals surface area contributed by atoms with Crippen molar-refractivity contribution in [2.24, 2.45) is 0 Å². The quantitative estimate of drug-likeness (QED) is 0.903. The molecule has 0 radical (unpaired) electrons. The average Bonchev–Trinajstić information content (AvgIpc) is 2.56. The summed E-state index contributed by atoms with van der Waals surface area (Å²) in [4.78, 5) is 13.6. The zero-order chi connectivity index (χ0) is 17.1. The van der Waals surface area contributed by atoms with E-state index in [1.54, 1.807) is 24.3 Å². The Hall–Kier alpha value is -2.66. The Morgan fingerprint density at radius 2 is 1.92 bits per heavy atom. The van der Waals surface area contributed by atoms with E-state index >= 15 is 0 Å². The molecule has 1 atom stereocenters. The lowest BCUT2D eigenvalue weighted by Crippen LogP contribution is -2.37. The summed E-state index contributed by atoms with van der Waals surface area (Å²) in [7, 11) is 0. The third-order valence-corrected chi connectivity index (χ3v) is 4.24. The zero-order valence-electron chi connectivity index (χ0n) is 13.0. The maximum absolute atomic E-state index is 13.0. The number of hydrogen-bond acceptors (Lipinski definition) is 3. The van der Waals surface area contributed by atoms with Gasteiger partial charge in [0.2, 0.25) is 0 Å². The summed E-state index contributed by atoms with van der Waals surface area (Å²) in [6.07, 6.45) is 2.67. The summed E-state index contributed by atoms with van der Waals surface area (Å²) in [5.41, 5.74) is 2.60. The lowest BCUT2D eigenvalue weighted by atomic mass is 9.97. The van der Waals surface area contributed by atoms with E-state index in [1.807, 2.05) is 11.0 Å². The van der Waals surface area contributed by atoms with Crippen molar-refractivity contribution in [2.45, 2.75) is 12.5 Å². The molecule has 0 aliphatic carbocycles. The van der Waals surface area contributed by atoms with Crippen molar-refractivity contribution in [2.75, 3.05) is 13.1 Å². The Bertz CT molecular complexity index is 770. The second-order valence-electron chi connectivity index (χ2n) is 5.82. The zero-order valence-corrected chi connectivity index (χ0v) is 13.0. The number of phenolic OH excluding ortho intramolecular Hbond substituents is 1. The molecule has 4 nitrogen and oxygen atoms in total. The molecule has 3 rings (SSSR count). The van der Waals surface area contributed by atoms with Gasteiger partial charge < -0.3 is 10.2 Å². The van der Waals surface area contributed by atoms with Crippen LogP contribution >= 0.6 is 0 Å². The number of nitrogens with zero attached hydrogens (tertiary/aromatic N) is 1. The van der Waals surface area contributed by atoms with Gasteiger partial charge in [0.25, 0.3) is 0 Å². The van der Waals surface area contributed by atoms with Gasteiger partial charge in [-0.2, -0.15) is 0 Å². The van der Waals surface area contributed by atoms with Gasteiger partial charge in [-0.15, -0.1) is 0 Å². The van der Waals surface area contributed by atoms with Gasteiger partial charge in [-0.25, -0.2) is 4.39 Å². The van der Waals surface area contributed by atoms with Crippen LogP contribution in [0.15, 0.2) is 54.6 Å². The first kappa shape index (κ1) is 16.2. The fraction of sp³-hybridized carbons (Fsp3) is 0.211. The van der Waals surface area contributed by atoms with Crippen LogP contribution in [0, 0.1) is 5.82 Å². The number of aromatic hydroxyl groups is 1. The lowest BCUT2D eigenvalue weighted by molar-refractivity contribution is -0.143. The normalized spacial score (nSPS) is 16.5. The van der Waals surface area contributed by atoms with E-state index in [4.69, 9.17) is 0 Å². The number of carbonyl (C=O) groups is 1. The van der Waals surface area contributed by atoms with Crippen molar-refractivity contribution >= 4 is 11.5 Å². The van der Waals surface area contributed by atoms with Crippen LogP contribution in [0.25, 0.3) is 5.57 Å². The molecule has 0 saturated heterocycles. The van der Waals surface area contributed by atoms with Crippen molar-refractivity contribution in [1.82, 2.24) is 4.90 Å². The molecule has 1 aliphatic heterocycles. The first-order chi connectivity index (χ1) is 11.5. The molecule has 124 valence electrons. The second kappa shape index (κ2) is 6.84. The maximum atomic E-state index is 13.0. The predicted octanol–water partition coefficient (Wildman–Crippen LogP) is 3.45. The Balaban J connectivity index is 1.80. The highest BCUT2D eigenvalue weighted by Gasteiger charge is 2.28. The molecule has 2 aromatic carbocycles. The Labute approximate surface area is 139 Å². The number of aliphatic carboxylic acids is 1. The molecule has 0 saturated carbocycles. The number of rotatable bonds is 4. The van der Waals surface area contributed by atoms with Gasteiger partial charge in [-0.3, -0.25) is 9.69 Å². The number of benzene rings is 2. The van der Waals surface area contributed by atoms with Crippen molar-refractivity contribution in [3.63, 3.8) is 0 Å². The molecule has 0 bridgehead atoms. The van der Waals surface area contributed by atoms with Crippen LogP contribution in [0.5, 0.6) is 5.75 Å². The number of halogens is 1. The molecule has 0 amide bonds. The van der Waals surface area contributed by atoms with Crippen LogP contribution in [0.2, 0.25) is 0 Å². The first-order valence-electron chi connectivity index (χ1n) is 7.75. The third kappa shape index (κ3) is 3.46. The van der Waals surface area contributed by atoms with E-state index in [0.29, 0.717) is 25.1 Å². The van der Waals surface area contributed by atoms with Crippen LogP contribution in [-0.4, -0.2) is 34.2 Å². The van der Waals surface area contributed by atoms with Gasteiger partial charge in [0.05, 0.1) is 0 Å². The van der Waals surface area contributed by atoms with E-state index < -0.39 is 12.0 Å². The molecule has 24 heavy (non-hydrogen) atoms. The van der Waals surface area contributed by atoms with E-state index in [-0.39, 0.29) is 11.6 Å². The summed E-state index contributed by atoms with van der Waals surface area (Å²) < 4.78 is 13.0. The highest BCUT2D eigenvalue weighted by molar-refractivity contribution is 5.76. The molecule has 0 aromatic heterocycles. The summed E-state index contributed by atoms with van der Waals surface area (Å²) in [5.74, 6) is -1.16. The van der Waals surface area contributed by atoms with Crippen molar-refractivity contribution in [1.29, 1.82) is 0 Å². The largest absolute Gasteiger partial charge is 0.508 e. The average molecular weight is 327 g/mol. The van der Waals surface area contributed by atoms with E-state index in [9.17, 15) is 19.4 Å². The summed E-state index contributed by atoms with van der Waals surface area (Å²) in [5, 5.41) is 19.2. The minimum Gasteiger partial charge on any atom is -0.508 e. The van der Waals surface area contributed by atoms with Gasteiger partial charge in [-0.05, 0) is 47.4 Å². The minimum atomic E-state index is -0.945. The third-order valence-electron chi connectivity index (χ3n) is 4.24. The smallest absolute Gasteiger partial charge is 0.325 e. The summed E-state index contributed by atoms with van der Waals surface area (Å²) in [6, 6.07) is 11.9. The molecule has 0 spiro atoms. The van der Waals surface area contributed by atoms with E-state index in [2.05, 4.69) is 0 Å². The van der Waals surface area contributed by atoms with Crippen LogP contribution < -0.4 is 0 Å². The van der Waals surface area contributed by atoms with Crippen molar-refractivity contribution in [3.8, 4) is 5.75 Å². The molecule has 2 aromatic rings. The van der Waals surface area contributed by atoms with Gasteiger partial charge >= 0.3 is 5.97 Å². The van der Waals surface area contributed by atoms with Gasteiger partial charge in [0.1, 0.15) is 17.6 Å². The number of phenols is 1. The molecule has 2 N–H and O–H groups in total. The molecular formula is C19H18FNO3. The fourth-order valence-corrected chi connectivity index (χ4v) is 3.05. The lowest BCUT2D eigenvalue weighted by Gasteiger charge is -2.32. The van der Waals surface area contributed by atoms with Gasteiger partial charge in [0.15, 0.2) is 0 Å². The van der Waals surface area contributed by atoms with Crippen LogP contribution in [0.4, 0.5) is 4.39 Å². The SMILES string of the molecule is O=C(O)C(c1cccc(O)c1)N1CC=C(c2ccc(F)cc2)CC1. The van der Waals surface area contributed by atoms with E-state index in [1.165, 1.54) is 24.3 Å². The molecule has 1 unspecified atom stereocenters. The molecule has 1 heterocycles. The molecule has 0 fully saturated rings. The minimum absolute atomic E-state index is 0.0540. The van der Waals surface area contributed by atoms with Crippen LogP contribution in [-0.2, 0) is 4.79 Å².